The van der Waals surface area contributed by atoms with Crippen LogP contribution in [0.15, 0.2) is 18.3 Å². The Morgan fingerprint density at radius 1 is 1.60 bits per heavy atom. The summed E-state index contributed by atoms with van der Waals surface area (Å²) in [5.41, 5.74) is 5.88. The van der Waals surface area contributed by atoms with Crippen LogP contribution in [-0.4, -0.2) is 24.0 Å². The number of nitrogens with zero attached hydrogens (tertiary/aromatic N) is 1. The molecule has 1 heterocycles. The SMILES string of the molecule is CCNCc1ccc(OCC(N)=O)cn1. The Kier molecular flexibility index (Phi) is 4.56. The number of amides is 1. The first-order chi connectivity index (χ1) is 7.22. The maximum absolute atomic E-state index is 10.4. The molecule has 0 radical (unpaired) electrons. The normalized spacial score (nSPS) is 9.93. The van der Waals surface area contributed by atoms with E-state index in [1.165, 1.54) is 0 Å². The Bertz CT molecular complexity index is 311. The Morgan fingerprint density at radius 2 is 2.40 bits per heavy atom. The first kappa shape index (κ1) is 11.5. The fraction of sp³-hybridized carbons (Fsp3) is 0.400. The third-order valence-electron chi connectivity index (χ3n) is 1.73. The van der Waals surface area contributed by atoms with Gasteiger partial charge in [0, 0.05) is 6.54 Å². The molecule has 1 aromatic rings. The van der Waals surface area contributed by atoms with Crippen molar-refractivity contribution in [1.82, 2.24) is 10.3 Å². The number of primary amides is 1. The number of nitrogens with two attached hydrogens (primary N) is 1. The van der Waals surface area contributed by atoms with Crippen molar-refractivity contribution in [3.05, 3.63) is 24.0 Å². The molecule has 0 spiro atoms. The van der Waals surface area contributed by atoms with E-state index in [4.69, 9.17) is 10.5 Å². The zero-order valence-electron chi connectivity index (χ0n) is 8.69. The van der Waals surface area contributed by atoms with E-state index in [0.717, 1.165) is 18.8 Å². The van der Waals surface area contributed by atoms with Gasteiger partial charge in [-0.15, -0.1) is 0 Å². The molecule has 1 aromatic heterocycles. The van der Waals surface area contributed by atoms with E-state index in [-0.39, 0.29) is 6.61 Å². The summed E-state index contributed by atoms with van der Waals surface area (Å²) in [7, 11) is 0. The van der Waals surface area contributed by atoms with Crippen molar-refractivity contribution < 1.29 is 9.53 Å². The lowest BCUT2D eigenvalue weighted by molar-refractivity contribution is -0.119. The number of rotatable bonds is 6. The van der Waals surface area contributed by atoms with Crippen LogP contribution in [0.2, 0.25) is 0 Å². The molecule has 1 rings (SSSR count). The van der Waals surface area contributed by atoms with E-state index in [1.807, 2.05) is 13.0 Å². The molecular formula is C10H15N3O2. The average molecular weight is 209 g/mol. The molecule has 1 amide bonds. The van der Waals surface area contributed by atoms with E-state index in [9.17, 15) is 4.79 Å². The van der Waals surface area contributed by atoms with Gasteiger partial charge in [-0.3, -0.25) is 9.78 Å². The monoisotopic (exact) mass is 209 g/mol. The van der Waals surface area contributed by atoms with Gasteiger partial charge in [0.2, 0.25) is 0 Å². The van der Waals surface area contributed by atoms with Gasteiger partial charge in [-0.1, -0.05) is 6.92 Å². The van der Waals surface area contributed by atoms with Crippen molar-refractivity contribution in [3.63, 3.8) is 0 Å². The topological polar surface area (TPSA) is 77.2 Å². The summed E-state index contributed by atoms with van der Waals surface area (Å²) in [6, 6.07) is 3.61. The smallest absolute Gasteiger partial charge is 0.255 e. The predicted molar refractivity (Wildman–Crippen MR) is 56.3 cm³/mol. The number of ether oxygens (including phenoxy) is 1. The zero-order chi connectivity index (χ0) is 11.1. The van der Waals surface area contributed by atoms with E-state index < -0.39 is 5.91 Å². The van der Waals surface area contributed by atoms with Crippen LogP contribution >= 0.6 is 0 Å². The summed E-state index contributed by atoms with van der Waals surface area (Å²) in [6.45, 7) is 3.55. The number of hydrogen-bond acceptors (Lipinski definition) is 4. The maximum Gasteiger partial charge on any atom is 0.255 e. The lowest BCUT2D eigenvalue weighted by Gasteiger charge is -2.04. The van der Waals surface area contributed by atoms with Gasteiger partial charge < -0.3 is 15.8 Å². The fourth-order valence-corrected chi connectivity index (χ4v) is 1.01. The van der Waals surface area contributed by atoms with E-state index in [1.54, 1.807) is 12.3 Å². The molecule has 0 saturated heterocycles. The second-order valence-electron chi connectivity index (χ2n) is 3.02. The van der Waals surface area contributed by atoms with Gasteiger partial charge in [0.25, 0.3) is 5.91 Å². The molecule has 82 valence electrons. The second kappa shape index (κ2) is 5.98. The van der Waals surface area contributed by atoms with Crippen molar-refractivity contribution >= 4 is 5.91 Å². The molecule has 5 nitrogen and oxygen atoms in total. The van der Waals surface area contributed by atoms with Crippen molar-refractivity contribution in [1.29, 1.82) is 0 Å². The Morgan fingerprint density at radius 3 is 2.93 bits per heavy atom. The molecule has 0 unspecified atom stereocenters. The number of nitrogens with one attached hydrogen (secondary N) is 1. The van der Waals surface area contributed by atoms with Crippen LogP contribution in [0.5, 0.6) is 5.75 Å². The molecule has 0 saturated carbocycles. The predicted octanol–water partition coefficient (Wildman–Crippen LogP) is 0.0552. The third kappa shape index (κ3) is 4.42. The molecule has 0 aliphatic heterocycles. The van der Waals surface area contributed by atoms with Crippen LogP contribution in [-0.2, 0) is 11.3 Å². The summed E-state index contributed by atoms with van der Waals surface area (Å²) in [6.07, 6.45) is 1.58. The highest BCUT2D eigenvalue weighted by molar-refractivity contribution is 5.75. The second-order valence-corrected chi connectivity index (χ2v) is 3.02. The van der Waals surface area contributed by atoms with Crippen LogP contribution < -0.4 is 15.8 Å². The minimum Gasteiger partial charge on any atom is -0.482 e. The molecule has 3 N–H and O–H groups in total. The summed E-state index contributed by atoms with van der Waals surface area (Å²) in [4.78, 5) is 14.6. The molecule has 0 aliphatic carbocycles. The highest BCUT2D eigenvalue weighted by atomic mass is 16.5. The van der Waals surface area contributed by atoms with E-state index in [0.29, 0.717) is 5.75 Å². The standard InChI is InChI=1S/C10H15N3O2/c1-2-12-5-8-3-4-9(6-13-8)15-7-10(11)14/h3-4,6,12H,2,5,7H2,1H3,(H2,11,14). The Hall–Kier alpha value is -1.62. The summed E-state index contributed by atoms with van der Waals surface area (Å²) in [5, 5.41) is 3.16. The number of carbonyl (C=O) groups is 1. The zero-order valence-corrected chi connectivity index (χ0v) is 8.69. The van der Waals surface area contributed by atoms with Crippen LogP contribution in [0.3, 0.4) is 0 Å². The number of aromatic nitrogens is 1. The number of hydrogen-bond donors (Lipinski definition) is 2. The Labute approximate surface area is 88.6 Å². The minimum absolute atomic E-state index is 0.117. The van der Waals surface area contributed by atoms with Gasteiger partial charge in [-0.05, 0) is 18.7 Å². The highest BCUT2D eigenvalue weighted by Crippen LogP contribution is 2.08. The number of pyridine rings is 1. The molecule has 0 aromatic carbocycles. The molecule has 15 heavy (non-hydrogen) atoms. The molecule has 0 bridgehead atoms. The molecule has 0 aliphatic rings. The molecule has 0 atom stereocenters. The van der Waals surface area contributed by atoms with Gasteiger partial charge in [0.05, 0.1) is 11.9 Å². The summed E-state index contributed by atoms with van der Waals surface area (Å²) >= 11 is 0. The van der Waals surface area contributed by atoms with Gasteiger partial charge in [0.1, 0.15) is 5.75 Å². The van der Waals surface area contributed by atoms with Crippen LogP contribution in [0.4, 0.5) is 0 Å². The van der Waals surface area contributed by atoms with Crippen molar-refractivity contribution in [3.8, 4) is 5.75 Å². The third-order valence-corrected chi connectivity index (χ3v) is 1.73. The van der Waals surface area contributed by atoms with Gasteiger partial charge in [-0.2, -0.15) is 0 Å². The summed E-state index contributed by atoms with van der Waals surface area (Å²) in [5.74, 6) is 0.0563. The van der Waals surface area contributed by atoms with Crippen LogP contribution in [0.25, 0.3) is 0 Å². The average Bonchev–Trinajstić information content (AvgIpc) is 2.25. The van der Waals surface area contributed by atoms with Crippen molar-refractivity contribution in [2.75, 3.05) is 13.2 Å². The molecule has 5 heteroatoms. The minimum atomic E-state index is -0.494. The van der Waals surface area contributed by atoms with Gasteiger partial charge in [-0.25, -0.2) is 0 Å². The van der Waals surface area contributed by atoms with E-state index in [2.05, 4.69) is 10.3 Å². The van der Waals surface area contributed by atoms with Crippen molar-refractivity contribution in [2.24, 2.45) is 5.73 Å². The largest absolute Gasteiger partial charge is 0.482 e. The van der Waals surface area contributed by atoms with Crippen molar-refractivity contribution in [2.45, 2.75) is 13.5 Å². The Balaban J connectivity index is 2.45. The summed E-state index contributed by atoms with van der Waals surface area (Å²) < 4.78 is 5.07. The first-order valence-electron chi connectivity index (χ1n) is 4.79. The van der Waals surface area contributed by atoms with Gasteiger partial charge in [0.15, 0.2) is 6.61 Å². The highest BCUT2D eigenvalue weighted by Gasteiger charge is 1.98. The fourth-order valence-electron chi connectivity index (χ4n) is 1.01. The molecule has 0 fully saturated rings. The quantitative estimate of drug-likeness (QED) is 0.694. The number of carbonyl (C=O) groups excluding carboxylic acids is 1. The first-order valence-corrected chi connectivity index (χ1v) is 4.79. The van der Waals surface area contributed by atoms with Gasteiger partial charge >= 0.3 is 0 Å². The lowest BCUT2D eigenvalue weighted by Crippen LogP contribution is -2.20. The van der Waals surface area contributed by atoms with E-state index >= 15 is 0 Å². The lowest BCUT2D eigenvalue weighted by atomic mass is 10.3. The van der Waals surface area contributed by atoms with Crippen LogP contribution in [0, 0.1) is 0 Å². The van der Waals surface area contributed by atoms with Crippen LogP contribution in [0.1, 0.15) is 12.6 Å². The maximum atomic E-state index is 10.4. The molecular weight excluding hydrogens is 194 g/mol.